The second kappa shape index (κ2) is 7.29. The Bertz CT molecular complexity index is 315. The van der Waals surface area contributed by atoms with E-state index in [4.69, 9.17) is 0 Å². The maximum Gasteiger partial charge on any atom is 0.391 e. The molecule has 0 aliphatic carbocycles. The van der Waals surface area contributed by atoms with E-state index in [1.54, 1.807) is 0 Å². The highest BCUT2D eigenvalue weighted by Gasteiger charge is 2.42. The average molecular weight is 310 g/mol. The molecule has 2 N–H and O–H groups in total. The van der Waals surface area contributed by atoms with Crippen molar-refractivity contribution < 1.29 is 18.3 Å². The molecule has 0 radical (unpaired) electrons. The van der Waals surface area contributed by atoms with Crippen LogP contribution in [0.4, 0.5) is 13.2 Å². The number of piperidine rings is 1. The van der Waals surface area contributed by atoms with Gasteiger partial charge < -0.3 is 15.3 Å². The number of halogens is 3. The molecule has 1 aliphatic rings. The molecule has 21 heavy (non-hydrogen) atoms. The zero-order chi connectivity index (χ0) is 16.3. The van der Waals surface area contributed by atoms with E-state index in [1.165, 1.54) is 0 Å². The van der Waals surface area contributed by atoms with E-state index in [0.29, 0.717) is 13.1 Å². The molecule has 2 unspecified atom stereocenters. The van der Waals surface area contributed by atoms with E-state index in [-0.39, 0.29) is 31.5 Å². The molecular weight excluding hydrogens is 281 g/mol. The number of alkyl halides is 3. The summed E-state index contributed by atoms with van der Waals surface area (Å²) in [7, 11) is 0. The molecular formula is C15H29F3N2O. The number of nitrogens with zero attached hydrogens (tertiary/aromatic N) is 1. The number of likely N-dealkylation sites (tertiary alicyclic amines) is 1. The molecule has 1 heterocycles. The standard InChI is InChI=1S/C15H29F3N2O/c1-11(2)19-14(4,10-21)9-12(3)20-7-5-13(6-8-20)15(16,17)18/h11-13,19,21H,5-10H2,1-4H3. The Morgan fingerprint density at radius 3 is 2.10 bits per heavy atom. The van der Waals surface area contributed by atoms with Gasteiger partial charge in [-0.1, -0.05) is 13.8 Å². The van der Waals surface area contributed by atoms with Gasteiger partial charge in [0.25, 0.3) is 0 Å². The first-order valence-electron chi connectivity index (χ1n) is 7.77. The van der Waals surface area contributed by atoms with Crippen molar-refractivity contribution in [2.75, 3.05) is 19.7 Å². The van der Waals surface area contributed by atoms with Crippen molar-refractivity contribution in [3.8, 4) is 0 Å². The fraction of sp³-hybridized carbons (Fsp3) is 1.00. The first-order chi connectivity index (χ1) is 9.57. The number of hydrogen-bond donors (Lipinski definition) is 2. The van der Waals surface area contributed by atoms with Crippen LogP contribution in [-0.2, 0) is 0 Å². The molecule has 126 valence electrons. The smallest absolute Gasteiger partial charge is 0.391 e. The number of hydrogen-bond acceptors (Lipinski definition) is 3. The minimum atomic E-state index is -4.06. The van der Waals surface area contributed by atoms with E-state index in [9.17, 15) is 18.3 Å². The van der Waals surface area contributed by atoms with Gasteiger partial charge >= 0.3 is 6.18 Å². The van der Waals surface area contributed by atoms with Gasteiger partial charge in [-0.2, -0.15) is 13.2 Å². The first-order valence-corrected chi connectivity index (χ1v) is 7.77. The minimum absolute atomic E-state index is 0.0224. The summed E-state index contributed by atoms with van der Waals surface area (Å²) in [6.45, 7) is 9.02. The topological polar surface area (TPSA) is 35.5 Å². The molecule has 0 saturated carbocycles. The highest BCUT2D eigenvalue weighted by Crippen LogP contribution is 2.35. The molecule has 0 bridgehead atoms. The Labute approximate surface area is 125 Å². The lowest BCUT2D eigenvalue weighted by Crippen LogP contribution is -2.54. The van der Waals surface area contributed by atoms with Crippen LogP contribution in [0.2, 0.25) is 0 Å². The summed E-state index contributed by atoms with van der Waals surface area (Å²) in [5.41, 5.74) is -0.394. The third-order valence-corrected chi connectivity index (χ3v) is 4.35. The zero-order valence-corrected chi connectivity index (χ0v) is 13.5. The maximum atomic E-state index is 12.7. The van der Waals surface area contributed by atoms with Gasteiger partial charge in [-0.15, -0.1) is 0 Å². The Balaban J connectivity index is 2.52. The van der Waals surface area contributed by atoms with Crippen LogP contribution in [0.5, 0.6) is 0 Å². The Morgan fingerprint density at radius 1 is 1.19 bits per heavy atom. The van der Waals surface area contributed by atoms with Gasteiger partial charge in [-0.25, -0.2) is 0 Å². The molecule has 3 nitrogen and oxygen atoms in total. The Morgan fingerprint density at radius 2 is 1.71 bits per heavy atom. The molecule has 0 amide bonds. The van der Waals surface area contributed by atoms with Crippen molar-refractivity contribution in [1.82, 2.24) is 10.2 Å². The average Bonchev–Trinajstić information content (AvgIpc) is 2.36. The molecule has 0 aromatic heterocycles. The highest BCUT2D eigenvalue weighted by atomic mass is 19.4. The zero-order valence-electron chi connectivity index (χ0n) is 13.5. The predicted molar refractivity (Wildman–Crippen MR) is 78.2 cm³/mol. The van der Waals surface area contributed by atoms with Gasteiger partial charge in [-0.05, 0) is 46.2 Å². The summed E-state index contributed by atoms with van der Waals surface area (Å²) in [5, 5.41) is 13.0. The largest absolute Gasteiger partial charge is 0.394 e. The van der Waals surface area contributed by atoms with Crippen molar-refractivity contribution in [2.24, 2.45) is 5.92 Å². The SMILES string of the molecule is CC(C)NC(C)(CO)CC(C)N1CCC(C(F)(F)F)CC1. The fourth-order valence-corrected chi connectivity index (χ4v) is 3.31. The van der Waals surface area contributed by atoms with Crippen molar-refractivity contribution in [2.45, 2.75) is 70.8 Å². The van der Waals surface area contributed by atoms with Crippen LogP contribution in [0.25, 0.3) is 0 Å². The van der Waals surface area contributed by atoms with Crippen LogP contribution < -0.4 is 5.32 Å². The summed E-state index contributed by atoms with van der Waals surface area (Å²) in [5.74, 6) is -1.15. The monoisotopic (exact) mass is 310 g/mol. The molecule has 2 atom stereocenters. The lowest BCUT2D eigenvalue weighted by atomic mass is 9.90. The van der Waals surface area contributed by atoms with Gasteiger partial charge in [0.05, 0.1) is 12.5 Å². The first kappa shape index (κ1) is 18.7. The van der Waals surface area contributed by atoms with E-state index in [0.717, 1.165) is 6.42 Å². The van der Waals surface area contributed by atoms with Gasteiger partial charge in [0.2, 0.25) is 0 Å². The lowest BCUT2D eigenvalue weighted by molar-refractivity contribution is -0.186. The maximum absolute atomic E-state index is 12.7. The van der Waals surface area contributed by atoms with Crippen LogP contribution in [0.3, 0.4) is 0 Å². The summed E-state index contributed by atoms with van der Waals surface area (Å²) in [6.07, 6.45) is -2.98. The van der Waals surface area contributed by atoms with E-state index in [1.807, 2.05) is 27.7 Å². The number of aliphatic hydroxyl groups excluding tert-OH is 1. The quantitative estimate of drug-likeness (QED) is 0.792. The van der Waals surface area contributed by atoms with Crippen LogP contribution >= 0.6 is 0 Å². The molecule has 1 saturated heterocycles. The van der Waals surface area contributed by atoms with Gasteiger partial charge in [-0.3, -0.25) is 0 Å². The second-order valence-electron chi connectivity index (χ2n) is 6.92. The molecule has 0 aromatic carbocycles. The van der Waals surface area contributed by atoms with Crippen molar-refractivity contribution in [1.29, 1.82) is 0 Å². The van der Waals surface area contributed by atoms with E-state index < -0.39 is 17.6 Å². The normalized spacial score (nSPS) is 23.3. The minimum Gasteiger partial charge on any atom is -0.394 e. The van der Waals surface area contributed by atoms with Crippen LogP contribution in [0.1, 0.15) is 47.0 Å². The third kappa shape index (κ3) is 5.75. The van der Waals surface area contributed by atoms with Crippen molar-refractivity contribution >= 4 is 0 Å². The van der Waals surface area contributed by atoms with Crippen molar-refractivity contribution in [3.63, 3.8) is 0 Å². The van der Waals surface area contributed by atoms with Crippen LogP contribution in [0.15, 0.2) is 0 Å². The Hall–Kier alpha value is -0.330. The van der Waals surface area contributed by atoms with Crippen LogP contribution in [-0.4, -0.2) is 53.5 Å². The molecule has 1 rings (SSSR count). The summed E-state index contributed by atoms with van der Waals surface area (Å²) in [6, 6.07) is 0.410. The summed E-state index contributed by atoms with van der Waals surface area (Å²) in [4.78, 5) is 2.11. The molecule has 6 heteroatoms. The highest BCUT2D eigenvalue weighted by molar-refractivity contribution is 4.90. The van der Waals surface area contributed by atoms with E-state index >= 15 is 0 Å². The summed E-state index contributed by atoms with van der Waals surface area (Å²) >= 11 is 0. The van der Waals surface area contributed by atoms with E-state index in [2.05, 4.69) is 10.2 Å². The predicted octanol–water partition coefficient (Wildman–Crippen LogP) is 2.79. The number of rotatable bonds is 6. The molecule has 1 aliphatic heterocycles. The van der Waals surface area contributed by atoms with Crippen molar-refractivity contribution in [3.05, 3.63) is 0 Å². The number of nitrogens with one attached hydrogen (secondary N) is 1. The molecule has 0 spiro atoms. The van der Waals surface area contributed by atoms with Gasteiger partial charge in [0.15, 0.2) is 0 Å². The summed E-state index contributed by atoms with van der Waals surface area (Å²) < 4.78 is 38.0. The Kier molecular flexibility index (Phi) is 6.50. The fourth-order valence-electron chi connectivity index (χ4n) is 3.31. The lowest BCUT2D eigenvalue weighted by Gasteiger charge is -2.41. The van der Waals surface area contributed by atoms with Gasteiger partial charge in [0.1, 0.15) is 0 Å². The van der Waals surface area contributed by atoms with Gasteiger partial charge in [0, 0.05) is 17.6 Å². The third-order valence-electron chi connectivity index (χ3n) is 4.35. The van der Waals surface area contributed by atoms with Crippen LogP contribution in [0, 0.1) is 5.92 Å². The number of aliphatic hydroxyl groups is 1. The molecule has 0 aromatic rings. The molecule has 1 fully saturated rings. The second-order valence-corrected chi connectivity index (χ2v) is 6.92.